The van der Waals surface area contributed by atoms with Gasteiger partial charge >= 0.3 is 0 Å². The fourth-order valence-corrected chi connectivity index (χ4v) is 3.56. The molecule has 28 heavy (non-hydrogen) atoms. The number of benzene rings is 1. The summed E-state index contributed by atoms with van der Waals surface area (Å²) in [5.74, 6) is 0.272. The van der Waals surface area contributed by atoms with E-state index in [1.807, 2.05) is 41.0 Å². The number of fused-ring (bicyclic) bond motifs is 1. The third-order valence-corrected chi connectivity index (χ3v) is 4.94. The molecule has 0 aliphatic heterocycles. The van der Waals surface area contributed by atoms with Crippen molar-refractivity contribution >= 4 is 32.9 Å². The first kappa shape index (κ1) is 18.6. The van der Waals surface area contributed by atoms with E-state index in [0.717, 1.165) is 11.1 Å². The number of hydrogen-bond donors (Lipinski definition) is 2. The average Bonchev–Trinajstić information content (AvgIpc) is 3.40. The lowest BCUT2D eigenvalue weighted by molar-refractivity contribution is 0.0928. The summed E-state index contributed by atoms with van der Waals surface area (Å²) in [4.78, 5) is 12.8. The van der Waals surface area contributed by atoms with Gasteiger partial charge in [-0.1, -0.05) is 30.3 Å². The lowest BCUT2D eigenvalue weighted by Crippen LogP contribution is -2.28. The number of halogens is 1. The van der Waals surface area contributed by atoms with E-state index in [0.29, 0.717) is 41.2 Å². The van der Waals surface area contributed by atoms with Crippen LogP contribution in [0.2, 0.25) is 0 Å². The molecule has 144 valence electrons. The van der Waals surface area contributed by atoms with E-state index in [4.69, 9.17) is 8.83 Å². The molecule has 2 N–H and O–H groups in total. The smallest absolute Gasteiger partial charge is 0.268 e. The van der Waals surface area contributed by atoms with Crippen molar-refractivity contribution < 1.29 is 18.7 Å². The van der Waals surface area contributed by atoms with Crippen LogP contribution in [0.1, 0.15) is 34.3 Å². The highest BCUT2D eigenvalue weighted by Crippen LogP contribution is 2.28. The highest BCUT2D eigenvalue weighted by atomic mass is 79.9. The monoisotopic (exact) mass is 442 g/mol. The Morgan fingerprint density at radius 1 is 1.18 bits per heavy atom. The van der Waals surface area contributed by atoms with Gasteiger partial charge in [0.25, 0.3) is 5.91 Å². The molecule has 4 aromatic rings. The SMILES string of the molecule is O=C(NCCC(O)c1ccco1)c1cc2oc(Br)cc2n1Cc1ccccc1. The Kier molecular flexibility index (Phi) is 5.36. The van der Waals surface area contributed by atoms with Crippen molar-refractivity contribution in [2.75, 3.05) is 6.54 Å². The molecular weight excluding hydrogens is 424 g/mol. The number of aliphatic hydroxyl groups excluding tert-OH is 1. The third kappa shape index (κ3) is 3.90. The number of hydrogen-bond acceptors (Lipinski definition) is 4. The maximum Gasteiger partial charge on any atom is 0.268 e. The van der Waals surface area contributed by atoms with E-state index in [1.165, 1.54) is 6.26 Å². The highest BCUT2D eigenvalue weighted by molar-refractivity contribution is 9.10. The van der Waals surface area contributed by atoms with Crippen LogP contribution in [0.15, 0.2) is 74.4 Å². The number of rotatable bonds is 7. The van der Waals surface area contributed by atoms with Gasteiger partial charge in [-0.25, -0.2) is 0 Å². The van der Waals surface area contributed by atoms with Crippen molar-refractivity contribution in [3.8, 4) is 0 Å². The highest BCUT2D eigenvalue weighted by Gasteiger charge is 2.19. The molecule has 0 saturated carbocycles. The topological polar surface area (TPSA) is 80.5 Å². The van der Waals surface area contributed by atoms with Gasteiger partial charge in [-0.15, -0.1) is 0 Å². The van der Waals surface area contributed by atoms with Gasteiger partial charge in [0.15, 0.2) is 10.3 Å². The summed E-state index contributed by atoms with van der Waals surface area (Å²) in [6.07, 6.45) is 1.12. The van der Waals surface area contributed by atoms with Crippen molar-refractivity contribution in [3.63, 3.8) is 0 Å². The molecule has 1 atom stereocenters. The van der Waals surface area contributed by atoms with Crippen LogP contribution in [-0.2, 0) is 6.54 Å². The van der Waals surface area contributed by atoms with Crippen LogP contribution >= 0.6 is 15.9 Å². The molecule has 0 spiro atoms. The molecule has 7 heteroatoms. The number of aromatic nitrogens is 1. The Morgan fingerprint density at radius 2 is 2.00 bits per heavy atom. The summed E-state index contributed by atoms with van der Waals surface area (Å²) in [5, 5.41) is 13.0. The van der Waals surface area contributed by atoms with Gasteiger partial charge in [0.2, 0.25) is 0 Å². The maximum atomic E-state index is 12.8. The lowest BCUT2D eigenvalue weighted by atomic mass is 10.2. The number of carbonyl (C=O) groups excluding carboxylic acids is 1. The van der Waals surface area contributed by atoms with E-state index in [1.54, 1.807) is 18.2 Å². The summed E-state index contributed by atoms with van der Waals surface area (Å²) >= 11 is 3.34. The second-order valence-corrected chi connectivity index (χ2v) is 7.26. The van der Waals surface area contributed by atoms with Gasteiger partial charge in [0, 0.05) is 25.2 Å². The number of nitrogens with zero attached hydrogens (tertiary/aromatic N) is 1. The van der Waals surface area contributed by atoms with Crippen molar-refractivity contribution in [2.24, 2.45) is 0 Å². The molecular formula is C21H19BrN2O4. The number of aliphatic hydroxyl groups is 1. The van der Waals surface area contributed by atoms with E-state index in [2.05, 4.69) is 21.2 Å². The summed E-state index contributed by atoms with van der Waals surface area (Å²) in [6, 6.07) is 17.0. The third-order valence-electron chi connectivity index (χ3n) is 4.55. The molecule has 0 fully saturated rings. The van der Waals surface area contributed by atoms with E-state index in [9.17, 15) is 9.90 Å². The quantitative estimate of drug-likeness (QED) is 0.441. The number of carbonyl (C=O) groups is 1. The average molecular weight is 443 g/mol. The standard InChI is InChI=1S/C21H19BrN2O4/c22-20-12-15-19(28-20)11-16(24(15)13-14-5-2-1-3-6-14)21(26)23-9-8-17(25)18-7-4-10-27-18/h1-7,10-12,17,25H,8-9,13H2,(H,23,26). The van der Waals surface area contributed by atoms with Crippen LogP contribution < -0.4 is 5.32 Å². The lowest BCUT2D eigenvalue weighted by Gasteiger charge is -2.12. The Labute approximate surface area is 169 Å². The molecule has 0 aliphatic carbocycles. The summed E-state index contributed by atoms with van der Waals surface area (Å²) < 4.78 is 13.4. The number of furan rings is 2. The minimum absolute atomic E-state index is 0.218. The van der Waals surface area contributed by atoms with E-state index < -0.39 is 6.10 Å². The van der Waals surface area contributed by atoms with Crippen molar-refractivity contribution in [2.45, 2.75) is 19.1 Å². The van der Waals surface area contributed by atoms with Gasteiger partial charge in [-0.05, 0) is 40.0 Å². The van der Waals surface area contributed by atoms with Gasteiger partial charge in [-0.3, -0.25) is 4.79 Å². The van der Waals surface area contributed by atoms with Gasteiger partial charge in [-0.2, -0.15) is 0 Å². The van der Waals surface area contributed by atoms with Crippen molar-refractivity contribution in [1.29, 1.82) is 0 Å². The fourth-order valence-electron chi connectivity index (χ4n) is 3.17. The van der Waals surface area contributed by atoms with Crippen LogP contribution in [-0.4, -0.2) is 22.1 Å². The molecule has 1 amide bonds. The fraction of sp³-hybridized carbons (Fsp3) is 0.190. The predicted molar refractivity (Wildman–Crippen MR) is 108 cm³/mol. The Bertz CT molecular complexity index is 1070. The zero-order valence-electron chi connectivity index (χ0n) is 15.0. The second-order valence-electron chi connectivity index (χ2n) is 6.48. The molecule has 4 rings (SSSR count). The normalized spacial score (nSPS) is 12.4. The molecule has 0 radical (unpaired) electrons. The van der Waals surface area contributed by atoms with Crippen LogP contribution in [0, 0.1) is 0 Å². The Morgan fingerprint density at radius 3 is 2.75 bits per heavy atom. The first-order valence-corrected chi connectivity index (χ1v) is 9.73. The second kappa shape index (κ2) is 8.08. The number of amides is 1. The van der Waals surface area contributed by atoms with E-state index in [-0.39, 0.29) is 5.91 Å². The summed E-state index contributed by atoms with van der Waals surface area (Å²) in [7, 11) is 0. The minimum atomic E-state index is -0.751. The molecule has 1 aromatic carbocycles. The summed E-state index contributed by atoms with van der Waals surface area (Å²) in [5.41, 5.74) is 3.08. The molecule has 3 aromatic heterocycles. The van der Waals surface area contributed by atoms with Crippen LogP contribution in [0.5, 0.6) is 0 Å². The van der Waals surface area contributed by atoms with Crippen LogP contribution in [0.25, 0.3) is 11.1 Å². The van der Waals surface area contributed by atoms with Crippen LogP contribution in [0.3, 0.4) is 0 Å². The molecule has 3 heterocycles. The zero-order chi connectivity index (χ0) is 19.5. The molecule has 6 nitrogen and oxygen atoms in total. The summed E-state index contributed by atoms with van der Waals surface area (Å²) in [6.45, 7) is 0.871. The molecule has 1 unspecified atom stereocenters. The Hall–Kier alpha value is -2.77. The van der Waals surface area contributed by atoms with Gasteiger partial charge < -0.3 is 23.8 Å². The molecule has 0 aliphatic rings. The maximum absolute atomic E-state index is 12.8. The number of nitrogens with one attached hydrogen (secondary N) is 1. The van der Waals surface area contributed by atoms with Gasteiger partial charge in [0.1, 0.15) is 17.6 Å². The molecule has 0 saturated heterocycles. The minimum Gasteiger partial charge on any atom is -0.467 e. The first-order valence-electron chi connectivity index (χ1n) is 8.94. The van der Waals surface area contributed by atoms with Crippen molar-refractivity contribution in [1.82, 2.24) is 9.88 Å². The Balaban J connectivity index is 1.51. The first-order chi connectivity index (χ1) is 13.6. The van der Waals surface area contributed by atoms with E-state index >= 15 is 0 Å². The zero-order valence-corrected chi connectivity index (χ0v) is 16.6. The predicted octanol–water partition coefficient (Wildman–Crippen LogP) is 4.49. The molecule has 0 bridgehead atoms. The van der Waals surface area contributed by atoms with Crippen molar-refractivity contribution in [3.05, 3.63) is 82.5 Å². The van der Waals surface area contributed by atoms with Gasteiger partial charge in [0.05, 0.1) is 11.8 Å². The van der Waals surface area contributed by atoms with Crippen LogP contribution in [0.4, 0.5) is 0 Å². The largest absolute Gasteiger partial charge is 0.467 e.